The Kier molecular flexibility index (Phi) is 6.96. The van der Waals surface area contributed by atoms with Gasteiger partial charge in [0.2, 0.25) is 0 Å². The quantitative estimate of drug-likeness (QED) is 0.633. The van der Waals surface area contributed by atoms with Crippen LogP contribution in [0, 0.1) is 0 Å². The molecule has 1 fully saturated rings. The summed E-state index contributed by atoms with van der Waals surface area (Å²) in [4.78, 5) is 5.04. The first-order chi connectivity index (χ1) is 7.77. The lowest BCUT2D eigenvalue weighted by atomic mass is 10.1. The Morgan fingerprint density at radius 2 is 2.12 bits per heavy atom. The maximum Gasteiger partial charge on any atom is 0.0587 e. The van der Waals surface area contributed by atoms with Crippen molar-refractivity contribution in [2.24, 2.45) is 0 Å². The van der Waals surface area contributed by atoms with Gasteiger partial charge in [-0.25, -0.2) is 0 Å². The monoisotopic (exact) mass is 229 g/mol. The fraction of sp³-hybridized carbons (Fsp3) is 1.00. The predicted molar refractivity (Wildman–Crippen MR) is 67.9 cm³/mol. The molecule has 16 heavy (non-hydrogen) atoms. The summed E-state index contributed by atoms with van der Waals surface area (Å²) in [6.07, 6.45) is 1.25. The van der Waals surface area contributed by atoms with Crippen molar-refractivity contribution >= 4 is 0 Å². The Labute approximate surface area is 99.9 Å². The van der Waals surface area contributed by atoms with Crippen LogP contribution in [-0.4, -0.2) is 75.9 Å². The highest BCUT2D eigenvalue weighted by atomic mass is 16.5. The van der Waals surface area contributed by atoms with Crippen LogP contribution >= 0.6 is 0 Å². The number of piperazine rings is 1. The maximum absolute atomic E-state index is 5.00. The fourth-order valence-corrected chi connectivity index (χ4v) is 2.19. The van der Waals surface area contributed by atoms with E-state index in [-0.39, 0.29) is 0 Å². The molecule has 1 rings (SSSR count). The zero-order chi connectivity index (χ0) is 11.8. The molecule has 0 radical (unpaired) electrons. The summed E-state index contributed by atoms with van der Waals surface area (Å²) >= 11 is 0. The predicted octanol–water partition coefficient (Wildman–Crippen LogP) is 0.248. The van der Waals surface area contributed by atoms with Crippen molar-refractivity contribution in [2.75, 3.05) is 60.0 Å². The Morgan fingerprint density at radius 1 is 1.31 bits per heavy atom. The molecule has 96 valence electrons. The van der Waals surface area contributed by atoms with Crippen LogP contribution in [0.15, 0.2) is 0 Å². The molecule has 1 aliphatic heterocycles. The zero-order valence-corrected chi connectivity index (χ0v) is 11.0. The highest BCUT2D eigenvalue weighted by Crippen LogP contribution is 2.09. The lowest BCUT2D eigenvalue weighted by molar-refractivity contribution is 0.0934. The number of hydrogen-bond donors (Lipinski definition) is 1. The van der Waals surface area contributed by atoms with Gasteiger partial charge in [0, 0.05) is 52.4 Å². The molecule has 1 N–H and O–H groups in total. The van der Waals surface area contributed by atoms with Gasteiger partial charge in [0.05, 0.1) is 6.61 Å². The molecule has 4 heteroatoms. The molecule has 0 amide bonds. The Balaban J connectivity index is 2.08. The zero-order valence-electron chi connectivity index (χ0n) is 11.0. The van der Waals surface area contributed by atoms with Gasteiger partial charge in [-0.2, -0.15) is 0 Å². The smallest absolute Gasteiger partial charge is 0.0587 e. The molecule has 0 spiro atoms. The summed E-state index contributed by atoms with van der Waals surface area (Å²) in [6.45, 7) is 9.91. The van der Waals surface area contributed by atoms with Gasteiger partial charge in [-0.05, 0) is 13.5 Å². The highest BCUT2D eigenvalue weighted by Gasteiger charge is 2.21. The van der Waals surface area contributed by atoms with E-state index in [2.05, 4.69) is 29.1 Å². The second-order valence-electron chi connectivity index (χ2n) is 4.59. The lowest BCUT2D eigenvalue weighted by Gasteiger charge is -2.39. The minimum atomic E-state index is 0.743. The summed E-state index contributed by atoms with van der Waals surface area (Å²) in [5.74, 6) is 0. The summed E-state index contributed by atoms with van der Waals surface area (Å²) in [7, 11) is 3.98. The van der Waals surface area contributed by atoms with E-state index in [1.54, 1.807) is 7.11 Å². The molecule has 1 saturated heterocycles. The summed E-state index contributed by atoms with van der Waals surface area (Å²) in [5, 5.41) is 3.40. The topological polar surface area (TPSA) is 27.7 Å². The van der Waals surface area contributed by atoms with E-state index < -0.39 is 0 Å². The normalized spacial score (nSPS) is 23.8. The number of nitrogens with one attached hydrogen (secondary N) is 1. The van der Waals surface area contributed by atoms with Gasteiger partial charge in [-0.15, -0.1) is 0 Å². The standard InChI is InChI=1S/C12H27N3O/c1-4-12-11-15(9-8-14(12)2)7-5-13-6-10-16-3/h12-13H,4-11H2,1-3H3. The Bertz CT molecular complexity index is 178. The average molecular weight is 229 g/mol. The van der Waals surface area contributed by atoms with Gasteiger partial charge in [-0.1, -0.05) is 6.92 Å². The van der Waals surface area contributed by atoms with E-state index in [0.29, 0.717) is 0 Å². The molecule has 1 unspecified atom stereocenters. The van der Waals surface area contributed by atoms with Crippen LogP contribution in [0.5, 0.6) is 0 Å². The number of nitrogens with zero attached hydrogens (tertiary/aromatic N) is 2. The third-order valence-electron chi connectivity index (χ3n) is 3.42. The van der Waals surface area contributed by atoms with Crippen molar-refractivity contribution < 1.29 is 4.74 Å². The molecule has 0 aromatic heterocycles. The number of likely N-dealkylation sites (N-methyl/N-ethyl adjacent to an activating group) is 1. The van der Waals surface area contributed by atoms with Crippen molar-refractivity contribution in [1.82, 2.24) is 15.1 Å². The largest absolute Gasteiger partial charge is 0.383 e. The van der Waals surface area contributed by atoms with Crippen molar-refractivity contribution in [2.45, 2.75) is 19.4 Å². The third kappa shape index (κ3) is 4.78. The molecular formula is C12H27N3O. The molecule has 1 heterocycles. The summed E-state index contributed by atoms with van der Waals surface area (Å²) < 4.78 is 5.00. The van der Waals surface area contributed by atoms with Crippen LogP contribution in [0.25, 0.3) is 0 Å². The number of hydrogen-bond acceptors (Lipinski definition) is 4. The van der Waals surface area contributed by atoms with Gasteiger partial charge >= 0.3 is 0 Å². The third-order valence-corrected chi connectivity index (χ3v) is 3.42. The van der Waals surface area contributed by atoms with Crippen LogP contribution in [0.2, 0.25) is 0 Å². The van der Waals surface area contributed by atoms with Crippen molar-refractivity contribution in [3.8, 4) is 0 Å². The Morgan fingerprint density at radius 3 is 2.81 bits per heavy atom. The molecule has 0 bridgehead atoms. The molecular weight excluding hydrogens is 202 g/mol. The number of rotatable bonds is 7. The van der Waals surface area contributed by atoms with Gasteiger partial charge in [0.1, 0.15) is 0 Å². The average Bonchev–Trinajstić information content (AvgIpc) is 2.31. The van der Waals surface area contributed by atoms with Crippen LogP contribution in [-0.2, 0) is 4.74 Å². The van der Waals surface area contributed by atoms with Gasteiger partial charge in [0.15, 0.2) is 0 Å². The second-order valence-corrected chi connectivity index (χ2v) is 4.59. The van der Waals surface area contributed by atoms with Gasteiger partial charge in [0.25, 0.3) is 0 Å². The SMILES string of the molecule is CCC1CN(CCNCCOC)CCN1C. The van der Waals surface area contributed by atoms with E-state index in [1.807, 2.05) is 0 Å². The molecule has 1 aliphatic rings. The first-order valence-corrected chi connectivity index (χ1v) is 6.40. The van der Waals surface area contributed by atoms with Crippen molar-refractivity contribution in [3.63, 3.8) is 0 Å². The summed E-state index contributed by atoms with van der Waals surface area (Å²) in [6, 6.07) is 0.743. The number of ether oxygens (including phenoxy) is 1. The van der Waals surface area contributed by atoms with Crippen LogP contribution in [0.4, 0.5) is 0 Å². The van der Waals surface area contributed by atoms with E-state index >= 15 is 0 Å². The van der Waals surface area contributed by atoms with Crippen molar-refractivity contribution in [1.29, 1.82) is 0 Å². The van der Waals surface area contributed by atoms with E-state index in [9.17, 15) is 0 Å². The van der Waals surface area contributed by atoms with Crippen LogP contribution in [0.1, 0.15) is 13.3 Å². The minimum Gasteiger partial charge on any atom is -0.383 e. The molecule has 0 aromatic rings. The lowest BCUT2D eigenvalue weighted by Crippen LogP contribution is -2.52. The van der Waals surface area contributed by atoms with E-state index in [4.69, 9.17) is 4.74 Å². The van der Waals surface area contributed by atoms with Crippen molar-refractivity contribution in [3.05, 3.63) is 0 Å². The first kappa shape index (κ1) is 13.9. The maximum atomic E-state index is 5.00. The molecule has 0 aliphatic carbocycles. The van der Waals surface area contributed by atoms with Crippen LogP contribution in [0.3, 0.4) is 0 Å². The van der Waals surface area contributed by atoms with Crippen LogP contribution < -0.4 is 5.32 Å². The Hall–Kier alpha value is -0.160. The van der Waals surface area contributed by atoms with Gasteiger partial charge < -0.3 is 15.0 Å². The van der Waals surface area contributed by atoms with Gasteiger partial charge in [-0.3, -0.25) is 4.90 Å². The number of methoxy groups -OCH3 is 1. The molecule has 4 nitrogen and oxygen atoms in total. The van der Waals surface area contributed by atoms with E-state index in [1.165, 1.54) is 26.1 Å². The first-order valence-electron chi connectivity index (χ1n) is 6.40. The summed E-state index contributed by atoms with van der Waals surface area (Å²) in [5.41, 5.74) is 0. The fourth-order valence-electron chi connectivity index (χ4n) is 2.19. The highest BCUT2D eigenvalue weighted by molar-refractivity contribution is 4.79. The second kappa shape index (κ2) is 8.01. The molecule has 1 atom stereocenters. The molecule has 0 saturated carbocycles. The minimum absolute atomic E-state index is 0.743. The van der Waals surface area contributed by atoms with E-state index in [0.717, 1.165) is 32.3 Å². The molecule has 0 aromatic carbocycles.